The van der Waals surface area contributed by atoms with Crippen molar-refractivity contribution >= 4 is 5.97 Å². The maximum atomic E-state index is 10.3. The molecule has 1 rings (SSSR count). The lowest BCUT2D eigenvalue weighted by atomic mass is 9.95. The predicted molar refractivity (Wildman–Crippen MR) is 69.5 cm³/mol. The molecule has 0 saturated carbocycles. The number of ether oxygens (including phenoxy) is 1. The van der Waals surface area contributed by atoms with Crippen LogP contribution in [0.2, 0.25) is 0 Å². The molecule has 0 aliphatic carbocycles. The summed E-state index contributed by atoms with van der Waals surface area (Å²) in [6, 6.07) is 0. The van der Waals surface area contributed by atoms with Crippen LogP contribution in [0.25, 0.3) is 0 Å². The third-order valence-corrected chi connectivity index (χ3v) is 3.64. The lowest BCUT2D eigenvalue weighted by Crippen LogP contribution is -2.44. The summed E-state index contributed by atoms with van der Waals surface area (Å²) in [6.07, 6.45) is 8.09. The van der Waals surface area contributed by atoms with Crippen molar-refractivity contribution in [3.8, 4) is 0 Å². The number of hydrogen-bond acceptors (Lipinski definition) is 3. The first-order valence-corrected chi connectivity index (χ1v) is 7.18. The van der Waals surface area contributed by atoms with Gasteiger partial charge in [0.05, 0.1) is 18.3 Å². The highest BCUT2D eigenvalue weighted by Gasteiger charge is 2.33. The third-order valence-electron chi connectivity index (χ3n) is 3.64. The molecule has 0 aromatic heterocycles. The van der Waals surface area contributed by atoms with Gasteiger partial charge in [-0.05, 0) is 19.3 Å². The fraction of sp³-hybridized carbons (Fsp3) is 0.929. The SMILES string of the molecule is CCC1CC(C(O)CCCCCCCC(=O)O)O1. The standard InChI is InChI=1S/C14H26O4/c1-2-11-10-13(18-11)12(15)8-6-4-3-5-7-9-14(16)17/h11-13,15H,2-10H2,1H3,(H,16,17). The second kappa shape index (κ2) is 8.48. The second-order valence-corrected chi connectivity index (χ2v) is 5.21. The topological polar surface area (TPSA) is 66.8 Å². The van der Waals surface area contributed by atoms with Crippen LogP contribution in [0, 0.1) is 0 Å². The summed E-state index contributed by atoms with van der Waals surface area (Å²) in [5.41, 5.74) is 0. The average molecular weight is 258 g/mol. The largest absolute Gasteiger partial charge is 0.481 e. The molecule has 18 heavy (non-hydrogen) atoms. The number of carboxylic acids is 1. The Morgan fingerprint density at radius 1 is 1.28 bits per heavy atom. The highest BCUT2D eigenvalue weighted by Crippen LogP contribution is 2.27. The monoisotopic (exact) mass is 258 g/mol. The molecule has 0 spiro atoms. The minimum Gasteiger partial charge on any atom is -0.481 e. The van der Waals surface area contributed by atoms with Gasteiger partial charge in [0.25, 0.3) is 0 Å². The van der Waals surface area contributed by atoms with Crippen LogP contribution in [0.4, 0.5) is 0 Å². The summed E-state index contributed by atoms with van der Waals surface area (Å²) in [6.45, 7) is 2.10. The molecule has 0 aromatic carbocycles. The maximum absolute atomic E-state index is 10.3. The van der Waals surface area contributed by atoms with Gasteiger partial charge in [-0.1, -0.05) is 32.6 Å². The first-order valence-electron chi connectivity index (χ1n) is 7.18. The minimum atomic E-state index is -0.710. The molecule has 0 aromatic rings. The molecule has 0 bridgehead atoms. The van der Waals surface area contributed by atoms with Crippen molar-refractivity contribution in [3.05, 3.63) is 0 Å². The molecule has 0 radical (unpaired) electrons. The molecule has 1 saturated heterocycles. The number of unbranched alkanes of at least 4 members (excludes halogenated alkanes) is 4. The number of aliphatic hydroxyl groups excluding tert-OH is 1. The number of rotatable bonds is 10. The number of aliphatic hydroxyl groups is 1. The molecule has 1 aliphatic rings. The van der Waals surface area contributed by atoms with E-state index in [1.165, 1.54) is 0 Å². The molecule has 0 amide bonds. The molecule has 4 heteroatoms. The number of hydrogen-bond donors (Lipinski definition) is 2. The number of carboxylic acid groups (broad SMARTS) is 1. The first kappa shape index (κ1) is 15.4. The van der Waals surface area contributed by atoms with Crippen molar-refractivity contribution in [1.82, 2.24) is 0 Å². The lowest BCUT2D eigenvalue weighted by Gasteiger charge is -2.38. The first-order chi connectivity index (χ1) is 8.63. The normalized spacial score (nSPS) is 24.6. The van der Waals surface area contributed by atoms with Crippen LogP contribution < -0.4 is 0 Å². The molecule has 1 aliphatic heterocycles. The molecule has 3 atom stereocenters. The van der Waals surface area contributed by atoms with Gasteiger partial charge >= 0.3 is 5.97 Å². The lowest BCUT2D eigenvalue weighted by molar-refractivity contribution is -0.172. The van der Waals surface area contributed by atoms with Crippen LogP contribution in [0.3, 0.4) is 0 Å². The van der Waals surface area contributed by atoms with Crippen LogP contribution in [-0.4, -0.2) is 34.5 Å². The molecule has 1 heterocycles. The van der Waals surface area contributed by atoms with Gasteiger partial charge in [0.1, 0.15) is 0 Å². The fourth-order valence-corrected chi connectivity index (χ4v) is 2.35. The van der Waals surface area contributed by atoms with Crippen LogP contribution in [0.5, 0.6) is 0 Å². The number of carbonyl (C=O) groups is 1. The van der Waals surface area contributed by atoms with Crippen LogP contribution in [-0.2, 0) is 9.53 Å². The average Bonchev–Trinajstić information content (AvgIpc) is 2.26. The Labute approximate surface area is 109 Å². The van der Waals surface area contributed by atoms with Gasteiger partial charge in [0.15, 0.2) is 0 Å². The zero-order chi connectivity index (χ0) is 13.4. The molecule has 3 unspecified atom stereocenters. The van der Waals surface area contributed by atoms with Gasteiger partial charge < -0.3 is 14.9 Å². The van der Waals surface area contributed by atoms with Crippen LogP contribution in [0.1, 0.15) is 64.7 Å². The summed E-state index contributed by atoms with van der Waals surface area (Å²) in [7, 11) is 0. The summed E-state index contributed by atoms with van der Waals surface area (Å²) >= 11 is 0. The van der Waals surface area contributed by atoms with E-state index in [-0.39, 0.29) is 18.6 Å². The zero-order valence-electron chi connectivity index (χ0n) is 11.3. The van der Waals surface area contributed by atoms with Crippen molar-refractivity contribution in [2.24, 2.45) is 0 Å². The third kappa shape index (κ3) is 5.83. The van der Waals surface area contributed by atoms with E-state index in [0.717, 1.165) is 51.4 Å². The van der Waals surface area contributed by atoms with Crippen molar-refractivity contribution in [2.75, 3.05) is 0 Å². The predicted octanol–water partition coefficient (Wildman–Crippen LogP) is 2.73. The Kier molecular flexibility index (Phi) is 7.28. The molecule has 106 valence electrons. The van der Waals surface area contributed by atoms with E-state index in [2.05, 4.69) is 6.92 Å². The number of aliphatic carboxylic acids is 1. The van der Waals surface area contributed by atoms with Crippen LogP contribution in [0.15, 0.2) is 0 Å². The maximum Gasteiger partial charge on any atom is 0.303 e. The van der Waals surface area contributed by atoms with E-state index in [4.69, 9.17) is 9.84 Å². The summed E-state index contributed by atoms with van der Waals surface area (Å²) in [5, 5.41) is 18.3. The van der Waals surface area contributed by atoms with E-state index in [9.17, 15) is 9.90 Å². The minimum absolute atomic E-state index is 0.0574. The van der Waals surface area contributed by atoms with Gasteiger partial charge in [0, 0.05) is 12.8 Å². The Morgan fingerprint density at radius 2 is 1.89 bits per heavy atom. The van der Waals surface area contributed by atoms with E-state index < -0.39 is 5.97 Å². The Balaban J connectivity index is 1.87. The second-order valence-electron chi connectivity index (χ2n) is 5.21. The Bertz CT molecular complexity index is 236. The highest BCUT2D eigenvalue weighted by molar-refractivity contribution is 5.66. The smallest absolute Gasteiger partial charge is 0.303 e. The van der Waals surface area contributed by atoms with Gasteiger partial charge in [0.2, 0.25) is 0 Å². The van der Waals surface area contributed by atoms with Gasteiger partial charge in [-0.25, -0.2) is 0 Å². The fourth-order valence-electron chi connectivity index (χ4n) is 2.35. The van der Waals surface area contributed by atoms with E-state index >= 15 is 0 Å². The van der Waals surface area contributed by atoms with Crippen molar-refractivity contribution < 1.29 is 19.7 Å². The molecular weight excluding hydrogens is 232 g/mol. The molecule has 4 nitrogen and oxygen atoms in total. The van der Waals surface area contributed by atoms with E-state index in [1.807, 2.05) is 0 Å². The summed E-state index contributed by atoms with van der Waals surface area (Å²) in [4.78, 5) is 10.3. The summed E-state index contributed by atoms with van der Waals surface area (Å²) < 4.78 is 5.56. The van der Waals surface area contributed by atoms with Gasteiger partial charge in [-0.2, -0.15) is 0 Å². The van der Waals surface area contributed by atoms with Gasteiger partial charge in [-0.3, -0.25) is 4.79 Å². The highest BCUT2D eigenvalue weighted by atomic mass is 16.5. The summed E-state index contributed by atoms with van der Waals surface area (Å²) in [5.74, 6) is -0.710. The van der Waals surface area contributed by atoms with Crippen molar-refractivity contribution in [1.29, 1.82) is 0 Å². The zero-order valence-corrected chi connectivity index (χ0v) is 11.3. The van der Waals surface area contributed by atoms with Crippen molar-refractivity contribution in [2.45, 2.75) is 83.0 Å². The van der Waals surface area contributed by atoms with Crippen LogP contribution >= 0.6 is 0 Å². The molecule has 2 N–H and O–H groups in total. The van der Waals surface area contributed by atoms with E-state index in [0.29, 0.717) is 6.10 Å². The Hall–Kier alpha value is -0.610. The Morgan fingerprint density at radius 3 is 2.50 bits per heavy atom. The quantitative estimate of drug-likeness (QED) is 0.591. The van der Waals surface area contributed by atoms with Gasteiger partial charge in [-0.15, -0.1) is 0 Å². The van der Waals surface area contributed by atoms with Crippen molar-refractivity contribution in [3.63, 3.8) is 0 Å². The molecule has 1 fully saturated rings. The molecular formula is C14H26O4. The van der Waals surface area contributed by atoms with E-state index in [1.54, 1.807) is 0 Å².